The maximum Gasteiger partial charge on any atom is 0.469 e. The van der Waals surface area contributed by atoms with Gasteiger partial charge < -0.3 is 35.8 Å². The molecule has 2 heterocycles. The van der Waals surface area contributed by atoms with Crippen molar-refractivity contribution in [1.82, 2.24) is 14.9 Å². The summed E-state index contributed by atoms with van der Waals surface area (Å²) in [7, 11) is -4.86. The average Bonchev–Trinajstić information content (AvgIpc) is 3.02. The lowest BCUT2D eigenvalue weighted by Crippen LogP contribution is -2.38. The van der Waals surface area contributed by atoms with E-state index in [-0.39, 0.29) is 5.56 Å². The second-order valence-electron chi connectivity index (χ2n) is 7.41. The molecule has 1 unspecified atom stereocenters. The second kappa shape index (κ2) is 12.3. The van der Waals surface area contributed by atoms with Gasteiger partial charge in [0.15, 0.2) is 6.23 Å². The molecule has 0 aliphatic carbocycles. The Bertz CT molecular complexity index is 987. The van der Waals surface area contributed by atoms with Crippen LogP contribution in [0.3, 0.4) is 0 Å². The van der Waals surface area contributed by atoms with E-state index in [0.29, 0.717) is 13.1 Å². The predicted molar refractivity (Wildman–Crippen MR) is 115 cm³/mol. The third-order valence-corrected chi connectivity index (χ3v) is 5.34. The van der Waals surface area contributed by atoms with Crippen LogP contribution in [0.4, 0.5) is 0 Å². The van der Waals surface area contributed by atoms with E-state index in [1.165, 1.54) is 6.08 Å². The fourth-order valence-electron chi connectivity index (χ4n) is 3.13. The first-order chi connectivity index (χ1) is 15.5. The standard InChI is InChI=1S/C18H29N4O10P/c19-7-3-1-2-4-8-20-13(23)6-5-11-9-22(18(27)21-16(11)26)17-15(25)14(24)12(32-17)10-31-33(28,29)30/h5-6,9,12,14-15,17,24-25H,1-4,7-8,10,19H2,(H,20,23)(H,21,26,27)(H2,28,29,30)/b6-5+/t12-,14+,15?,17-/m1/s1. The zero-order valence-corrected chi connectivity index (χ0v) is 18.6. The van der Waals surface area contributed by atoms with E-state index in [1.54, 1.807) is 0 Å². The SMILES string of the molecule is NCCCCCCNC(=O)/C=C/c1cn([C@@H]2O[C@H](COP(=O)(O)O)[C@H](O)C2O)c(=O)[nH]c1=O. The number of aromatic amines is 1. The number of carbonyl (C=O) groups excluding carboxylic acids is 1. The molecule has 0 spiro atoms. The first-order valence-corrected chi connectivity index (χ1v) is 11.8. The number of nitrogens with one attached hydrogen (secondary N) is 2. The minimum Gasteiger partial charge on any atom is -0.387 e. The molecule has 14 nitrogen and oxygen atoms in total. The molecule has 186 valence electrons. The Hall–Kier alpha value is -2.16. The first-order valence-electron chi connectivity index (χ1n) is 10.3. The van der Waals surface area contributed by atoms with Crippen LogP contribution in [0.2, 0.25) is 0 Å². The van der Waals surface area contributed by atoms with Crippen molar-refractivity contribution in [3.8, 4) is 0 Å². The number of nitrogens with two attached hydrogens (primary N) is 1. The summed E-state index contributed by atoms with van der Waals surface area (Å²) in [5.41, 5.74) is 3.55. The fourth-order valence-corrected chi connectivity index (χ4v) is 3.48. The van der Waals surface area contributed by atoms with Gasteiger partial charge >= 0.3 is 13.5 Å². The quantitative estimate of drug-likeness (QED) is 0.0951. The summed E-state index contributed by atoms with van der Waals surface area (Å²) in [5, 5.41) is 22.9. The molecule has 1 aliphatic heterocycles. The summed E-state index contributed by atoms with van der Waals surface area (Å²) in [5.74, 6) is -0.451. The van der Waals surface area contributed by atoms with Crippen LogP contribution in [0.1, 0.15) is 37.5 Å². The number of hydrogen-bond acceptors (Lipinski definition) is 9. The number of unbranched alkanes of at least 4 members (excludes halogenated alkanes) is 3. The van der Waals surface area contributed by atoms with Crippen LogP contribution >= 0.6 is 7.82 Å². The summed E-state index contributed by atoms with van der Waals surface area (Å²) in [6, 6.07) is 0. The van der Waals surface area contributed by atoms with Gasteiger partial charge in [0.25, 0.3) is 5.56 Å². The maximum absolute atomic E-state index is 12.2. The highest BCUT2D eigenvalue weighted by Gasteiger charge is 2.45. The van der Waals surface area contributed by atoms with Gasteiger partial charge in [0, 0.05) is 18.8 Å². The number of phosphoric acid groups is 1. The van der Waals surface area contributed by atoms with Crippen molar-refractivity contribution in [3.05, 3.63) is 38.7 Å². The normalized spacial score (nSPS) is 23.3. The molecule has 15 heteroatoms. The van der Waals surface area contributed by atoms with E-state index in [4.69, 9.17) is 20.3 Å². The maximum atomic E-state index is 12.2. The van der Waals surface area contributed by atoms with Crippen molar-refractivity contribution in [3.63, 3.8) is 0 Å². The largest absolute Gasteiger partial charge is 0.469 e. The molecule has 33 heavy (non-hydrogen) atoms. The van der Waals surface area contributed by atoms with E-state index in [0.717, 1.165) is 42.5 Å². The lowest BCUT2D eigenvalue weighted by molar-refractivity contribution is -0.116. The van der Waals surface area contributed by atoms with E-state index in [1.807, 2.05) is 4.98 Å². The van der Waals surface area contributed by atoms with Crippen molar-refractivity contribution in [1.29, 1.82) is 0 Å². The van der Waals surface area contributed by atoms with Gasteiger partial charge in [0.05, 0.1) is 12.2 Å². The molecule has 0 aromatic carbocycles. The molecule has 4 atom stereocenters. The number of amides is 1. The Morgan fingerprint density at radius 1 is 1.24 bits per heavy atom. The fraction of sp³-hybridized carbons (Fsp3) is 0.611. The van der Waals surface area contributed by atoms with E-state index >= 15 is 0 Å². The van der Waals surface area contributed by atoms with Gasteiger partial charge in [-0.05, 0) is 25.5 Å². The number of ether oxygens (including phenoxy) is 1. The van der Waals surface area contributed by atoms with E-state index < -0.39 is 56.1 Å². The van der Waals surface area contributed by atoms with Gasteiger partial charge in [-0.15, -0.1) is 0 Å². The lowest BCUT2D eigenvalue weighted by atomic mass is 10.1. The molecule has 1 amide bonds. The zero-order valence-electron chi connectivity index (χ0n) is 17.7. The minimum atomic E-state index is -4.86. The average molecular weight is 492 g/mol. The molecule has 0 saturated carbocycles. The minimum absolute atomic E-state index is 0.104. The first kappa shape index (κ1) is 27.1. The summed E-state index contributed by atoms with van der Waals surface area (Å²) in [6.07, 6.45) is 0.754. The number of aliphatic hydroxyl groups excluding tert-OH is 2. The molecule has 2 rings (SSSR count). The summed E-state index contributed by atoms with van der Waals surface area (Å²) in [6.45, 7) is 0.313. The van der Waals surface area contributed by atoms with E-state index in [9.17, 15) is 29.2 Å². The number of hydrogen-bond donors (Lipinski definition) is 7. The third kappa shape index (κ3) is 8.28. The van der Waals surface area contributed by atoms with Crippen molar-refractivity contribution in [2.75, 3.05) is 19.7 Å². The summed E-state index contributed by atoms with van der Waals surface area (Å²) < 4.78 is 21.2. The Kier molecular flexibility index (Phi) is 10.1. The monoisotopic (exact) mass is 492 g/mol. The molecule has 1 saturated heterocycles. The van der Waals surface area contributed by atoms with Gasteiger partial charge in [0.2, 0.25) is 5.91 Å². The lowest BCUT2D eigenvalue weighted by Gasteiger charge is -2.17. The highest BCUT2D eigenvalue weighted by Crippen LogP contribution is 2.38. The Balaban J connectivity index is 2.06. The molecule has 1 aliphatic rings. The van der Waals surface area contributed by atoms with Gasteiger partial charge in [-0.3, -0.25) is 23.7 Å². The second-order valence-corrected chi connectivity index (χ2v) is 8.65. The summed E-state index contributed by atoms with van der Waals surface area (Å²) in [4.78, 5) is 55.8. The number of aliphatic hydroxyl groups is 2. The molecule has 1 aromatic rings. The molecular weight excluding hydrogens is 463 g/mol. The molecule has 1 aromatic heterocycles. The number of rotatable bonds is 12. The number of carbonyl (C=O) groups is 1. The molecule has 0 radical (unpaired) electrons. The van der Waals surface area contributed by atoms with Crippen LogP contribution in [0.15, 0.2) is 21.9 Å². The Morgan fingerprint density at radius 3 is 2.61 bits per heavy atom. The van der Waals surface area contributed by atoms with E-state index in [2.05, 4.69) is 9.84 Å². The highest BCUT2D eigenvalue weighted by molar-refractivity contribution is 7.46. The highest BCUT2D eigenvalue weighted by atomic mass is 31.2. The molecular formula is C18H29N4O10P. The van der Waals surface area contributed by atoms with Crippen LogP contribution in [0.5, 0.6) is 0 Å². The van der Waals surface area contributed by atoms with Crippen molar-refractivity contribution < 1.29 is 38.6 Å². The zero-order chi connectivity index (χ0) is 24.6. The summed E-state index contributed by atoms with van der Waals surface area (Å²) >= 11 is 0. The Labute approximate surface area is 188 Å². The molecule has 0 bridgehead atoms. The van der Waals surface area contributed by atoms with Gasteiger partial charge in [0.1, 0.15) is 18.3 Å². The van der Waals surface area contributed by atoms with Gasteiger partial charge in [-0.2, -0.15) is 0 Å². The van der Waals surface area contributed by atoms with Crippen LogP contribution in [0.25, 0.3) is 6.08 Å². The van der Waals surface area contributed by atoms with Crippen LogP contribution in [-0.4, -0.2) is 73.5 Å². The number of aromatic nitrogens is 2. The van der Waals surface area contributed by atoms with Crippen LogP contribution < -0.4 is 22.3 Å². The number of phosphoric ester groups is 1. The molecule has 1 fully saturated rings. The van der Waals surface area contributed by atoms with Crippen molar-refractivity contribution in [2.45, 2.75) is 50.2 Å². The van der Waals surface area contributed by atoms with Crippen molar-refractivity contribution >= 4 is 19.8 Å². The number of H-pyrrole nitrogens is 1. The predicted octanol–water partition coefficient (Wildman–Crippen LogP) is -2.09. The number of nitrogens with zero attached hydrogens (tertiary/aromatic N) is 1. The Morgan fingerprint density at radius 2 is 1.94 bits per heavy atom. The van der Waals surface area contributed by atoms with Gasteiger partial charge in [-0.1, -0.05) is 12.8 Å². The topological polar surface area (TPSA) is 226 Å². The van der Waals surface area contributed by atoms with Gasteiger partial charge in [-0.25, -0.2) is 9.36 Å². The smallest absolute Gasteiger partial charge is 0.387 e. The van der Waals surface area contributed by atoms with Crippen LogP contribution in [-0.2, 0) is 18.6 Å². The molecule has 8 N–H and O–H groups in total. The van der Waals surface area contributed by atoms with Crippen LogP contribution in [0, 0.1) is 0 Å². The van der Waals surface area contributed by atoms with Crippen molar-refractivity contribution in [2.24, 2.45) is 5.73 Å². The third-order valence-electron chi connectivity index (χ3n) is 4.86.